The quantitative estimate of drug-likeness (QED) is 0.254. The number of nitrogens with zero attached hydrogens (tertiary/aromatic N) is 2. The highest BCUT2D eigenvalue weighted by atomic mass is 19.3. The van der Waals surface area contributed by atoms with Gasteiger partial charge in [0, 0.05) is 23.0 Å². The Morgan fingerprint density at radius 3 is 2.36 bits per heavy atom. The normalized spacial score (nSPS) is 15.1. The second-order valence-corrected chi connectivity index (χ2v) is 8.59. The van der Waals surface area contributed by atoms with Gasteiger partial charge in [-0.1, -0.05) is 37.3 Å². The third-order valence-electron chi connectivity index (χ3n) is 6.09. The van der Waals surface area contributed by atoms with Crippen molar-refractivity contribution in [1.82, 2.24) is 9.78 Å². The van der Waals surface area contributed by atoms with Crippen LogP contribution in [0.25, 0.3) is 22.4 Å². The number of anilines is 1. The standard InChI is InChI=1S/C27H19F6N3O3/c1-2-15-12-18(13-21-23(15)39-27(32,33)26(21,30)31)34-25(37)36-14-20(16-6-4-3-5-7-16)22(35-36)17-8-10-19(11-9-17)38-24(28)29/h3-14,24H,2H2,1H3,(H,34,37). The third kappa shape index (κ3) is 4.77. The molecule has 0 saturated carbocycles. The number of carbonyl (C=O) groups excluding carboxylic acids is 1. The second kappa shape index (κ2) is 9.68. The van der Waals surface area contributed by atoms with Crippen molar-refractivity contribution >= 4 is 11.7 Å². The summed E-state index contributed by atoms with van der Waals surface area (Å²) in [4.78, 5) is 13.1. The van der Waals surface area contributed by atoms with Crippen LogP contribution in [0.3, 0.4) is 0 Å². The third-order valence-corrected chi connectivity index (χ3v) is 6.09. The molecule has 39 heavy (non-hydrogen) atoms. The van der Waals surface area contributed by atoms with E-state index in [0.29, 0.717) is 22.4 Å². The fourth-order valence-corrected chi connectivity index (χ4v) is 4.22. The van der Waals surface area contributed by atoms with Gasteiger partial charge in [-0.15, -0.1) is 0 Å². The molecular formula is C27H19F6N3O3. The number of aromatic nitrogens is 2. The summed E-state index contributed by atoms with van der Waals surface area (Å²) in [6, 6.07) is 15.7. The zero-order valence-electron chi connectivity index (χ0n) is 20.1. The number of hydrogen-bond donors (Lipinski definition) is 1. The number of rotatable bonds is 6. The van der Waals surface area contributed by atoms with Crippen molar-refractivity contribution in [3.8, 4) is 33.9 Å². The van der Waals surface area contributed by atoms with E-state index in [1.54, 1.807) is 37.3 Å². The predicted octanol–water partition coefficient (Wildman–Crippen LogP) is 7.54. The molecule has 0 unspecified atom stereocenters. The molecule has 0 fully saturated rings. The maximum absolute atomic E-state index is 14.3. The molecule has 0 atom stereocenters. The Morgan fingerprint density at radius 2 is 1.72 bits per heavy atom. The maximum atomic E-state index is 14.3. The Labute approximate surface area is 217 Å². The zero-order chi connectivity index (χ0) is 27.9. The van der Waals surface area contributed by atoms with Crippen LogP contribution in [0.2, 0.25) is 0 Å². The molecule has 2 heterocycles. The van der Waals surface area contributed by atoms with Gasteiger partial charge < -0.3 is 14.8 Å². The van der Waals surface area contributed by atoms with Crippen molar-refractivity contribution in [2.75, 3.05) is 5.32 Å². The average Bonchev–Trinajstić information content (AvgIpc) is 3.42. The SMILES string of the molecule is CCc1cc(NC(=O)n2cc(-c3ccccc3)c(-c3ccc(OC(F)F)cc3)n2)cc2c1OC(F)(F)C2(F)F. The monoisotopic (exact) mass is 547 g/mol. The van der Waals surface area contributed by atoms with E-state index in [2.05, 4.69) is 19.9 Å². The number of benzene rings is 3. The number of alkyl halides is 6. The van der Waals surface area contributed by atoms with Gasteiger partial charge in [-0.3, -0.25) is 0 Å². The van der Waals surface area contributed by atoms with Gasteiger partial charge in [0.25, 0.3) is 0 Å². The van der Waals surface area contributed by atoms with Crippen LogP contribution in [0.1, 0.15) is 18.1 Å². The number of nitrogens with one attached hydrogen (secondary N) is 1. The van der Waals surface area contributed by atoms with Crippen LogP contribution in [0.5, 0.6) is 11.5 Å². The van der Waals surface area contributed by atoms with Gasteiger partial charge in [-0.2, -0.15) is 36.1 Å². The fourth-order valence-electron chi connectivity index (χ4n) is 4.22. The van der Waals surface area contributed by atoms with Crippen molar-refractivity contribution in [2.45, 2.75) is 32.0 Å². The highest BCUT2D eigenvalue weighted by Gasteiger charge is 2.67. The Balaban J connectivity index is 1.50. The topological polar surface area (TPSA) is 65.4 Å². The molecule has 0 aliphatic carbocycles. The van der Waals surface area contributed by atoms with Gasteiger partial charge in [0.15, 0.2) is 0 Å². The molecule has 3 aromatic carbocycles. The van der Waals surface area contributed by atoms with E-state index in [1.165, 1.54) is 36.5 Å². The molecular weight excluding hydrogens is 528 g/mol. The van der Waals surface area contributed by atoms with Crippen LogP contribution in [-0.4, -0.2) is 28.5 Å². The van der Waals surface area contributed by atoms with Gasteiger partial charge in [0.2, 0.25) is 0 Å². The average molecular weight is 547 g/mol. The minimum atomic E-state index is -4.72. The molecule has 4 aromatic rings. The molecule has 0 spiro atoms. The molecule has 5 rings (SSSR count). The van der Waals surface area contributed by atoms with E-state index < -0.39 is 36.0 Å². The van der Waals surface area contributed by atoms with Crippen LogP contribution in [0, 0.1) is 0 Å². The summed E-state index contributed by atoms with van der Waals surface area (Å²) in [5, 5.41) is 6.76. The molecule has 1 aromatic heterocycles. The highest BCUT2D eigenvalue weighted by Crippen LogP contribution is 2.55. The van der Waals surface area contributed by atoms with Gasteiger partial charge >= 0.3 is 24.7 Å². The van der Waals surface area contributed by atoms with Crippen LogP contribution >= 0.6 is 0 Å². The molecule has 202 valence electrons. The van der Waals surface area contributed by atoms with Crippen molar-refractivity contribution < 1.29 is 40.6 Å². The lowest BCUT2D eigenvalue weighted by Gasteiger charge is -2.16. The van der Waals surface area contributed by atoms with Gasteiger partial charge in [-0.05, 0) is 53.9 Å². The molecule has 1 amide bonds. The lowest BCUT2D eigenvalue weighted by Crippen LogP contribution is -2.37. The Morgan fingerprint density at radius 1 is 1.03 bits per heavy atom. The van der Waals surface area contributed by atoms with Crippen molar-refractivity contribution in [3.63, 3.8) is 0 Å². The van der Waals surface area contributed by atoms with E-state index in [0.717, 1.165) is 10.7 Å². The summed E-state index contributed by atoms with van der Waals surface area (Å²) in [5.41, 5.74) is 0.884. The first kappa shape index (κ1) is 26.1. The van der Waals surface area contributed by atoms with E-state index >= 15 is 0 Å². The largest absolute Gasteiger partial charge is 0.469 e. The van der Waals surface area contributed by atoms with Crippen molar-refractivity contribution in [2.24, 2.45) is 0 Å². The maximum Gasteiger partial charge on any atom is 0.469 e. The van der Waals surface area contributed by atoms with E-state index in [4.69, 9.17) is 0 Å². The molecule has 0 bridgehead atoms. The number of fused-ring (bicyclic) bond motifs is 1. The van der Waals surface area contributed by atoms with Crippen LogP contribution in [-0.2, 0) is 12.3 Å². The summed E-state index contributed by atoms with van der Waals surface area (Å²) >= 11 is 0. The van der Waals surface area contributed by atoms with E-state index in [9.17, 15) is 31.1 Å². The van der Waals surface area contributed by atoms with Gasteiger partial charge in [-0.25, -0.2) is 4.79 Å². The minimum absolute atomic E-state index is 0.0666. The Hall–Kier alpha value is -4.48. The summed E-state index contributed by atoms with van der Waals surface area (Å²) in [7, 11) is 0. The first-order chi connectivity index (χ1) is 18.5. The fraction of sp³-hybridized carbons (Fsp3) is 0.185. The summed E-state index contributed by atoms with van der Waals surface area (Å²) in [6.07, 6.45) is -3.23. The molecule has 1 aliphatic rings. The summed E-state index contributed by atoms with van der Waals surface area (Å²) in [5.74, 6) is -5.27. The van der Waals surface area contributed by atoms with E-state index in [1.807, 2.05) is 0 Å². The van der Waals surface area contributed by atoms with Gasteiger partial charge in [0.1, 0.15) is 17.2 Å². The first-order valence-corrected chi connectivity index (χ1v) is 11.6. The van der Waals surface area contributed by atoms with E-state index in [-0.39, 0.29) is 23.4 Å². The van der Waals surface area contributed by atoms with Crippen LogP contribution < -0.4 is 14.8 Å². The first-order valence-electron chi connectivity index (χ1n) is 11.6. The highest BCUT2D eigenvalue weighted by molar-refractivity contribution is 5.93. The number of hydrogen-bond acceptors (Lipinski definition) is 4. The Bertz CT molecular complexity index is 1520. The zero-order valence-corrected chi connectivity index (χ0v) is 20.1. The lowest BCUT2D eigenvalue weighted by atomic mass is 10.0. The number of aryl methyl sites for hydroxylation is 1. The minimum Gasteiger partial charge on any atom is -0.435 e. The molecule has 12 heteroatoms. The predicted molar refractivity (Wildman–Crippen MR) is 129 cm³/mol. The molecule has 1 aliphatic heterocycles. The molecule has 0 saturated heterocycles. The molecule has 6 nitrogen and oxygen atoms in total. The molecule has 0 radical (unpaired) electrons. The lowest BCUT2D eigenvalue weighted by molar-refractivity contribution is -0.296. The van der Waals surface area contributed by atoms with Crippen molar-refractivity contribution in [1.29, 1.82) is 0 Å². The van der Waals surface area contributed by atoms with Gasteiger partial charge in [0.05, 0.1) is 5.56 Å². The van der Waals surface area contributed by atoms with Crippen LogP contribution in [0.15, 0.2) is 72.9 Å². The number of amides is 1. The molecule has 1 N–H and O–H groups in total. The second-order valence-electron chi connectivity index (χ2n) is 8.59. The Kier molecular flexibility index (Phi) is 6.49. The summed E-state index contributed by atoms with van der Waals surface area (Å²) < 4.78 is 91.0. The van der Waals surface area contributed by atoms with Crippen LogP contribution in [0.4, 0.5) is 36.8 Å². The smallest absolute Gasteiger partial charge is 0.435 e. The van der Waals surface area contributed by atoms with Crippen molar-refractivity contribution in [3.05, 3.63) is 84.1 Å². The number of ether oxygens (including phenoxy) is 2. The number of halogens is 6. The number of carbonyl (C=O) groups is 1. The summed E-state index contributed by atoms with van der Waals surface area (Å²) in [6.45, 7) is -1.42.